The molecule has 2 atom stereocenters. The summed E-state index contributed by atoms with van der Waals surface area (Å²) in [7, 11) is 1.86. The molecule has 1 fully saturated rings. The molecule has 24 heavy (non-hydrogen) atoms. The smallest absolute Gasteiger partial charge is 0.257 e. The third-order valence-electron chi connectivity index (χ3n) is 5.02. The summed E-state index contributed by atoms with van der Waals surface area (Å²) in [6.45, 7) is 6.33. The summed E-state index contributed by atoms with van der Waals surface area (Å²) in [5.41, 5.74) is 8.92. The fraction of sp³-hybridized carbons (Fsp3) is 0.471. The summed E-state index contributed by atoms with van der Waals surface area (Å²) in [5.74, 6) is -0.459. The Kier molecular flexibility index (Phi) is 3.95. The van der Waals surface area contributed by atoms with Gasteiger partial charge in [-0.25, -0.2) is 0 Å². The molecule has 0 bridgehead atoms. The zero-order chi connectivity index (χ0) is 17.6. The first-order valence-corrected chi connectivity index (χ1v) is 7.93. The van der Waals surface area contributed by atoms with Crippen molar-refractivity contribution in [2.24, 2.45) is 18.7 Å². The minimum atomic E-state index is -0.413. The fourth-order valence-corrected chi connectivity index (χ4v) is 3.50. The summed E-state index contributed by atoms with van der Waals surface area (Å²) >= 11 is 0. The van der Waals surface area contributed by atoms with Crippen LogP contribution in [0.2, 0.25) is 0 Å². The van der Waals surface area contributed by atoms with Crippen LogP contribution < -0.4 is 5.73 Å². The quantitative estimate of drug-likeness (QED) is 0.917. The Morgan fingerprint density at radius 3 is 2.50 bits per heavy atom. The van der Waals surface area contributed by atoms with Gasteiger partial charge in [-0.3, -0.25) is 14.3 Å². The number of carbonyl (C=O) groups is 2. The second-order valence-electron chi connectivity index (χ2n) is 6.48. The number of amides is 2. The molecule has 1 aliphatic rings. The first-order chi connectivity index (χ1) is 11.3. The number of likely N-dealkylation sites (tertiary alicyclic amines) is 1. The number of primary amides is 1. The minimum Gasteiger partial charge on any atom is -0.469 e. The number of carbonyl (C=O) groups excluding carboxylic acids is 2. The first kappa shape index (κ1) is 16.3. The maximum atomic E-state index is 12.9. The molecule has 2 aromatic heterocycles. The summed E-state index contributed by atoms with van der Waals surface area (Å²) in [6.07, 6.45) is 3.34. The van der Waals surface area contributed by atoms with Gasteiger partial charge in [-0.15, -0.1) is 0 Å². The molecule has 0 saturated carbocycles. The molecule has 0 spiro atoms. The normalized spacial score (nSPS) is 20.6. The average Bonchev–Trinajstić information content (AvgIpc) is 3.19. The Labute approximate surface area is 140 Å². The molecule has 3 heterocycles. The second-order valence-corrected chi connectivity index (χ2v) is 6.48. The van der Waals surface area contributed by atoms with Crippen molar-refractivity contribution in [2.75, 3.05) is 13.1 Å². The molecule has 1 saturated heterocycles. The van der Waals surface area contributed by atoms with Gasteiger partial charge >= 0.3 is 0 Å². The van der Waals surface area contributed by atoms with Crippen LogP contribution in [-0.4, -0.2) is 39.6 Å². The largest absolute Gasteiger partial charge is 0.469 e. The SMILES string of the molecule is Cc1coc(C)c1C(=O)N1C[C@H](C(N)=O)[C@@H](c2cnn(C)c2C)C1. The van der Waals surface area contributed by atoms with Gasteiger partial charge in [0, 0.05) is 37.3 Å². The molecular formula is C17H22N4O3. The number of nitrogens with zero attached hydrogens (tertiary/aromatic N) is 3. The Morgan fingerprint density at radius 2 is 2.00 bits per heavy atom. The predicted octanol–water partition coefficient (Wildman–Crippen LogP) is 1.28. The van der Waals surface area contributed by atoms with Gasteiger partial charge in [0.25, 0.3) is 5.91 Å². The Hall–Kier alpha value is -2.57. The molecule has 0 aromatic carbocycles. The number of furan rings is 1. The number of nitrogens with two attached hydrogens (primary N) is 1. The van der Waals surface area contributed by atoms with Crippen molar-refractivity contribution < 1.29 is 14.0 Å². The average molecular weight is 330 g/mol. The molecule has 128 valence electrons. The van der Waals surface area contributed by atoms with E-state index < -0.39 is 5.92 Å². The highest BCUT2D eigenvalue weighted by Gasteiger charge is 2.41. The zero-order valence-corrected chi connectivity index (χ0v) is 14.4. The molecule has 1 aliphatic heterocycles. The van der Waals surface area contributed by atoms with Crippen molar-refractivity contribution in [2.45, 2.75) is 26.7 Å². The summed E-state index contributed by atoms with van der Waals surface area (Å²) < 4.78 is 7.10. The highest BCUT2D eigenvalue weighted by Crippen LogP contribution is 2.35. The van der Waals surface area contributed by atoms with Crippen molar-refractivity contribution in [1.82, 2.24) is 14.7 Å². The van der Waals surface area contributed by atoms with Crippen LogP contribution >= 0.6 is 0 Å². The van der Waals surface area contributed by atoms with Crippen molar-refractivity contribution in [3.05, 3.63) is 40.6 Å². The molecule has 0 radical (unpaired) electrons. The lowest BCUT2D eigenvalue weighted by molar-refractivity contribution is -0.121. The molecule has 7 nitrogen and oxygen atoms in total. The molecule has 7 heteroatoms. The highest BCUT2D eigenvalue weighted by atomic mass is 16.3. The van der Waals surface area contributed by atoms with Crippen molar-refractivity contribution in [1.29, 1.82) is 0 Å². The van der Waals surface area contributed by atoms with Crippen LogP contribution in [0.25, 0.3) is 0 Å². The van der Waals surface area contributed by atoms with Crippen molar-refractivity contribution in [3.63, 3.8) is 0 Å². The second kappa shape index (κ2) is 5.81. The standard InChI is InChI=1S/C17H22N4O3/c1-9-8-24-11(3)15(9)17(23)21-6-13(14(7-21)16(18)22)12-5-19-20(4)10(12)2/h5,8,13-14H,6-7H2,1-4H3,(H2,18,22)/t13-,14+/m1/s1. The third-order valence-corrected chi connectivity index (χ3v) is 5.02. The summed E-state index contributed by atoms with van der Waals surface area (Å²) in [5, 5.41) is 4.25. The predicted molar refractivity (Wildman–Crippen MR) is 87.5 cm³/mol. The van der Waals surface area contributed by atoms with E-state index in [0.717, 1.165) is 16.8 Å². The fourth-order valence-electron chi connectivity index (χ4n) is 3.50. The van der Waals surface area contributed by atoms with E-state index in [4.69, 9.17) is 10.2 Å². The molecule has 0 aliphatic carbocycles. The lowest BCUT2D eigenvalue weighted by Gasteiger charge is -2.16. The van der Waals surface area contributed by atoms with Gasteiger partial charge in [0.05, 0.1) is 23.9 Å². The molecule has 2 N–H and O–H groups in total. The molecule has 2 amide bonds. The van der Waals surface area contributed by atoms with Crippen LogP contribution in [0.15, 0.2) is 16.9 Å². The Bertz CT molecular complexity index is 785. The van der Waals surface area contributed by atoms with E-state index in [2.05, 4.69) is 5.10 Å². The van der Waals surface area contributed by atoms with Crippen LogP contribution in [0, 0.1) is 26.7 Å². The lowest BCUT2D eigenvalue weighted by atomic mass is 9.89. The maximum absolute atomic E-state index is 12.9. The summed E-state index contributed by atoms with van der Waals surface area (Å²) in [4.78, 5) is 26.5. The van der Waals surface area contributed by atoms with Crippen LogP contribution in [-0.2, 0) is 11.8 Å². The Morgan fingerprint density at radius 1 is 1.29 bits per heavy atom. The number of hydrogen-bond donors (Lipinski definition) is 1. The maximum Gasteiger partial charge on any atom is 0.257 e. The van der Waals surface area contributed by atoms with Gasteiger partial charge in [-0.2, -0.15) is 5.10 Å². The monoisotopic (exact) mass is 330 g/mol. The molecule has 0 unspecified atom stereocenters. The zero-order valence-electron chi connectivity index (χ0n) is 14.4. The van der Waals surface area contributed by atoms with E-state index in [-0.39, 0.29) is 17.7 Å². The number of aryl methyl sites for hydroxylation is 3. The van der Waals surface area contributed by atoms with Gasteiger partial charge in [-0.05, 0) is 26.3 Å². The van der Waals surface area contributed by atoms with Crippen molar-refractivity contribution in [3.8, 4) is 0 Å². The van der Waals surface area contributed by atoms with Gasteiger partial charge in [0.1, 0.15) is 5.76 Å². The van der Waals surface area contributed by atoms with E-state index in [1.54, 1.807) is 29.0 Å². The number of rotatable bonds is 3. The van der Waals surface area contributed by atoms with Gasteiger partial charge < -0.3 is 15.1 Å². The van der Waals surface area contributed by atoms with Crippen molar-refractivity contribution >= 4 is 11.8 Å². The van der Waals surface area contributed by atoms with Gasteiger partial charge in [0.15, 0.2) is 0 Å². The molecular weight excluding hydrogens is 308 g/mol. The Balaban J connectivity index is 1.92. The number of hydrogen-bond acceptors (Lipinski definition) is 4. The van der Waals surface area contributed by atoms with Crippen LogP contribution in [0.1, 0.15) is 38.9 Å². The highest BCUT2D eigenvalue weighted by molar-refractivity contribution is 5.97. The number of aromatic nitrogens is 2. The third kappa shape index (κ3) is 2.50. The van der Waals surface area contributed by atoms with Crippen LogP contribution in [0.5, 0.6) is 0 Å². The van der Waals surface area contributed by atoms with Crippen LogP contribution in [0.4, 0.5) is 0 Å². The van der Waals surface area contributed by atoms with E-state index in [1.165, 1.54) is 0 Å². The van der Waals surface area contributed by atoms with E-state index >= 15 is 0 Å². The van der Waals surface area contributed by atoms with Crippen LogP contribution in [0.3, 0.4) is 0 Å². The van der Waals surface area contributed by atoms with E-state index in [1.807, 2.05) is 20.9 Å². The van der Waals surface area contributed by atoms with Gasteiger partial charge in [0.2, 0.25) is 5.91 Å². The van der Waals surface area contributed by atoms with E-state index in [9.17, 15) is 9.59 Å². The summed E-state index contributed by atoms with van der Waals surface area (Å²) in [6, 6.07) is 0. The van der Waals surface area contributed by atoms with E-state index in [0.29, 0.717) is 24.4 Å². The topological polar surface area (TPSA) is 94.4 Å². The lowest BCUT2D eigenvalue weighted by Crippen LogP contribution is -2.32. The first-order valence-electron chi connectivity index (χ1n) is 7.93. The van der Waals surface area contributed by atoms with Gasteiger partial charge in [-0.1, -0.05) is 0 Å². The minimum absolute atomic E-state index is 0.117. The molecule has 3 rings (SSSR count). The molecule has 2 aromatic rings.